The largest absolute Gasteiger partial charge is 0.486 e. The van der Waals surface area contributed by atoms with E-state index < -0.39 is 0 Å². The van der Waals surface area contributed by atoms with Gasteiger partial charge < -0.3 is 18.9 Å². The van der Waals surface area contributed by atoms with Crippen LogP contribution in [0.4, 0.5) is 0 Å². The van der Waals surface area contributed by atoms with Gasteiger partial charge in [-0.05, 0) is 25.5 Å². The van der Waals surface area contributed by atoms with Crippen molar-refractivity contribution >= 4 is 5.91 Å². The van der Waals surface area contributed by atoms with Gasteiger partial charge in [-0.1, -0.05) is 6.07 Å². The Kier molecular flexibility index (Phi) is 3.67. The van der Waals surface area contributed by atoms with Crippen LogP contribution in [0.3, 0.4) is 0 Å². The number of aromatic nitrogens is 2. The van der Waals surface area contributed by atoms with Gasteiger partial charge in [0.1, 0.15) is 19.0 Å². The minimum Gasteiger partial charge on any atom is -0.486 e. The molecule has 0 N–H and O–H groups in total. The molecule has 1 saturated heterocycles. The van der Waals surface area contributed by atoms with Crippen molar-refractivity contribution in [3.8, 4) is 11.5 Å². The third kappa shape index (κ3) is 2.52. The predicted octanol–water partition coefficient (Wildman–Crippen LogP) is 2.13. The van der Waals surface area contributed by atoms with E-state index in [-0.39, 0.29) is 11.8 Å². The number of carbonyl (C=O) groups is 1. The first-order chi connectivity index (χ1) is 11.6. The molecule has 0 spiro atoms. The van der Waals surface area contributed by atoms with E-state index >= 15 is 0 Å². The summed E-state index contributed by atoms with van der Waals surface area (Å²) in [5.74, 6) is 2.57. The van der Waals surface area contributed by atoms with E-state index in [9.17, 15) is 4.79 Å². The van der Waals surface area contributed by atoms with E-state index in [4.69, 9.17) is 9.47 Å². The Labute approximate surface area is 141 Å². The maximum Gasteiger partial charge on any atom is 0.257 e. The average molecular weight is 327 g/mol. The van der Waals surface area contributed by atoms with Crippen LogP contribution in [0.2, 0.25) is 0 Å². The van der Waals surface area contributed by atoms with Crippen molar-refractivity contribution in [2.24, 2.45) is 7.05 Å². The van der Waals surface area contributed by atoms with Crippen molar-refractivity contribution in [2.45, 2.75) is 19.3 Å². The summed E-state index contributed by atoms with van der Waals surface area (Å²) in [7, 11) is 2.01. The van der Waals surface area contributed by atoms with Gasteiger partial charge >= 0.3 is 0 Å². The van der Waals surface area contributed by atoms with E-state index in [2.05, 4.69) is 9.55 Å². The highest BCUT2D eigenvalue weighted by Gasteiger charge is 2.32. The Hall–Kier alpha value is -2.50. The highest BCUT2D eigenvalue weighted by atomic mass is 16.6. The number of aryl methyl sites for hydroxylation is 2. The summed E-state index contributed by atoms with van der Waals surface area (Å²) in [6, 6.07) is 5.50. The van der Waals surface area contributed by atoms with Gasteiger partial charge in [0.25, 0.3) is 5.91 Å². The lowest BCUT2D eigenvalue weighted by molar-refractivity contribution is 0.0779. The summed E-state index contributed by atoms with van der Waals surface area (Å²) < 4.78 is 13.3. The molecule has 2 aliphatic heterocycles. The molecule has 1 aromatic carbocycles. The van der Waals surface area contributed by atoms with Gasteiger partial charge in [0.2, 0.25) is 0 Å². The molecule has 1 atom stereocenters. The van der Waals surface area contributed by atoms with Crippen molar-refractivity contribution in [1.29, 1.82) is 0 Å². The zero-order valence-corrected chi connectivity index (χ0v) is 14.0. The summed E-state index contributed by atoms with van der Waals surface area (Å²) in [5.41, 5.74) is 1.60. The second kappa shape index (κ2) is 5.85. The summed E-state index contributed by atoms with van der Waals surface area (Å²) in [5, 5.41) is 0. The standard InChI is InChI=1S/C18H21N3O3/c1-12-10-20(2)17(19-12)13-6-7-21(11-13)18(22)14-4-3-5-15-16(14)24-9-8-23-15/h3-5,10,13H,6-9,11H2,1-2H3/t13-/m1/s1. The second-order valence-corrected chi connectivity index (χ2v) is 6.42. The normalized spacial score (nSPS) is 19.6. The Morgan fingerprint density at radius 1 is 1.29 bits per heavy atom. The summed E-state index contributed by atoms with van der Waals surface area (Å²) in [6.07, 6.45) is 2.96. The molecule has 6 nitrogen and oxygen atoms in total. The molecule has 0 bridgehead atoms. The minimum absolute atomic E-state index is 0.00535. The Morgan fingerprint density at radius 3 is 2.92 bits per heavy atom. The molecule has 2 aromatic rings. The number of benzene rings is 1. The maximum absolute atomic E-state index is 12.9. The predicted molar refractivity (Wildman–Crippen MR) is 88.6 cm³/mol. The topological polar surface area (TPSA) is 56.6 Å². The van der Waals surface area contributed by atoms with Crippen LogP contribution in [0.25, 0.3) is 0 Å². The fourth-order valence-electron chi connectivity index (χ4n) is 3.58. The third-order valence-electron chi connectivity index (χ3n) is 4.67. The smallest absolute Gasteiger partial charge is 0.257 e. The molecule has 1 amide bonds. The van der Waals surface area contributed by atoms with Crippen LogP contribution in [0.5, 0.6) is 11.5 Å². The van der Waals surface area contributed by atoms with Crippen LogP contribution in [-0.4, -0.2) is 46.7 Å². The number of imidazole rings is 1. The molecular weight excluding hydrogens is 306 g/mol. The van der Waals surface area contributed by atoms with Crippen molar-refractivity contribution in [1.82, 2.24) is 14.5 Å². The van der Waals surface area contributed by atoms with E-state index in [1.165, 1.54) is 0 Å². The summed E-state index contributed by atoms with van der Waals surface area (Å²) in [6.45, 7) is 4.42. The molecule has 1 aromatic heterocycles. The van der Waals surface area contributed by atoms with Gasteiger partial charge in [0.15, 0.2) is 11.5 Å². The number of hydrogen-bond donors (Lipinski definition) is 0. The molecule has 1 fully saturated rings. The first kappa shape index (κ1) is 15.1. The monoisotopic (exact) mass is 327 g/mol. The van der Waals surface area contributed by atoms with Crippen molar-refractivity contribution in [2.75, 3.05) is 26.3 Å². The number of carbonyl (C=O) groups excluding carboxylic acids is 1. The average Bonchev–Trinajstić information content (AvgIpc) is 3.20. The zero-order valence-electron chi connectivity index (χ0n) is 14.0. The van der Waals surface area contributed by atoms with Crippen LogP contribution in [-0.2, 0) is 7.05 Å². The van der Waals surface area contributed by atoms with E-state index in [0.717, 1.165) is 24.5 Å². The lowest BCUT2D eigenvalue weighted by Crippen LogP contribution is -2.30. The summed E-state index contributed by atoms with van der Waals surface area (Å²) in [4.78, 5) is 19.4. The molecule has 126 valence electrons. The van der Waals surface area contributed by atoms with Crippen LogP contribution >= 0.6 is 0 Å². The molecule has 6 heteroatoms. The Balaban J connectivity index is 1.55. The molecule has 2 aliphatic rings. The highest BCUT2D eigenvalue weighted by Crippen LogP contribution is 2.36. The first-order valence-electron chi connectivity index (χ1n) is 8.31. The zero-order chi connectivity index (χ0) is 16.7. The molecule has 24 heavy (non-hydrogen) atoms. The van der Waals surface area contributed by atoms with Gasteiger partial charge in [-0.2, -0.15) is 0 Å². The SMILES string of the molecule is Cc1cn(C)c([C@@H]2CCN(C(=O)c3cccc4c3OCCO4)C2)n1. The van der Waals surface area contributed by atoms with Gasteiger partial charge in [0.05, 0.1) is 11.3 Å². The maximum atomic E-state index is 12.9. The number of hydrogen-bond acceptors (Lipinski definition) is 4. The first-order valence-corrected chi connectivity index (χ1v) is 8.31. The number of fused-ring (bicyclic) bond motifs is 1. The highest BCUT2D eigenvalue weighted by molar-refractivity contribution is 5.98. The molecule has 0 unspecified atom stereocenters. The van der Waals surface area contributed by atoms with Crippen molar-refractivity contribution in [3.63, 3.8) is 0 Å². The van der Waals surface area contributed by atoms with Gasteiger partial charge in [-0.15, -0.1) is 0 Å². The fraction of sp³-hybridized carbons (Fsp3) is 0.444. The van der Waals surface area contributed by atoms with E-state index in [1.807, 2.05) is 43.3 Å². The summed E-state index contributed by atoms with van der Waals surface area (Å²) >= 11 is 0. The number of likely N-dealkylation sites (tertiary alicyclic amines) is 1. The lowest BCUT2D eigenvalue weighted by atomic mass is 10.1. The van der Waals surface area contributed by atoms with Crippen LogP contribution in [0.15, 0.2) is 24.4 Å². The number of rotatable bonds is 2. The number of ether oxygens (including phenoxy) is 2. The van der Waals surface area contributed by atoms with Crippen molar-refractivity contribution in [3.05, 3.63) is 41.5 Å². The van der Waals surface area contributed by atoms with E-state index in [0.29, 0.717) is 36.8 Å². The second-order valence-electron chi connectivity index (χ2n) is 6.42. The van der Waals surface area contributed by atoms with Crippen molar-refractivity contribution < 1.29 is 14.3 Å². The molecule has 0 saturated carbocycles. The quantitative estimate of drug-likeness (QED) is 0.848. The fourth-order valence-corrected chi connectivity index (χ4v) is 3.58. The number of para-hydroxylation sites is 1. The van der Waals surface area contributed by atoms with Crippen LogP contribution in [0.1, 0.15) is 34.2 Å². The van der Waals surface area contributed by atoms with Crippen LogP contribution in [0, 0.1) is 6.92 Å². The van der Waals surface area contributed by atoms with E-state index in [1.54, 1.807) is 0 Å². The lowest BCUT2D eigenvalue weighted by Gasteiger charge is -2.23. The van der Waals surface area contributed by atoms with Crippen LogP contribution < -0.4 is 9.47 Å². The molecule has 3 heterocycles. The Morgan fingerprint density at radius 2 is 2.12 bits per heavy atom. The molecule has 0 radical (unpaired) electrons. The molecular formula is C18H21N3O3. The van der Waals surface area contributed by atoms with Gasteiger partial charge in [-0.25, -0.2) is 4.98 Å². The molecule has 0 aliphatic carbocycles. The number of amides is 1. The van der Waals surface area contributed by atoms with Gasteiger partial charge in [-0.3, -0.25) is 4.79 Å². The number of nitrogens with zero attached hydrogens (tertiary/aromatic N) is 3. The third-order valence-corrected chi connectivity index (χ3v) is 4.67. The van der Waals surface area contributed by atoms with Gasteiger partial charge in [0, 0.05) is 32.3 Å². The Bertz CT molecular complexity index is 784. The molecule has 4 rings (SSSR count). The minimum atomic E-state index is 0.00535.